The minimum atomic E-state index is -3.23. The molecule has 6 heteroatoms. The van der Waals surface area contributed by atoms with E-state index < -0.39 is 16.1 Å². The first-order valence-electron chi connectivity index (χ1n) is 29.2. The third-order valence-corrected chi connectivity index (χ3v) is 28.4. The van der Waals surface area contributed by atoms with Gasteiger partial charge in [-0.05, 0) is 126 Å². The standard InChI is InChI=1S/C78H52N4Si2/c1-5-24-56(25-6-1)83(57-26-7-2-8-27-57)74-41-22-21-40-72(74)82-73-49-46-55(52-77(73)84(58-28-9-3-10-29-58,59-30-11-4-12-31-59)76-43-23-42-75(83)78(76)82)81-70-47-44-53(79-66-36-17-13-32-60(66)61-33-14-18-37-67(61)79)50-64(70)65-51-54(45-48-71(65)81)80-68-38-19-15-34-62(68)63-35-16-20-39-69(63)80/h1-52H. The van der Waals surface area contributed by atoms with Crippen molar-refractivity contribution in [3.8, 4) is 17.1 Å². The fourth-order valence-corrected chi connectivity index (χ4v) is 25.9. The Balaban J connectivity index is 0.951. The Morgan fingerprint density at radius 3 is 0.940 bits per heavy atom. The minimum absolute atomic E-state index is 1.13. The van der Waals surface area contributed by atoms with Gasteiger partial charge in [-0.25, -0.2) is 0 Å². The number of aromatic nitrogens is 3. The van der Waals surface area contributed by atoms with E-state index >= 15 is 0 Å². The molecule has 392 valence electrons. The second-order valence-electron chi connectivity index (χ2n) is 22.7. The van der Waals surface area contributed by atoms with Crippen LogP contribution in [0.1, 0.15) is 0 Å². The topological polar surface area (TPSA) is 18.0 Å². The van der Waals surface area contributed by atoms with E-state index in [-0.39, 0.29) is 0 Å². The summed E-state index contributed by atoms with van der Waals surface area (Å²) in [5.74, 6) is 0. The largest absolute Gasteiger partial charge is 0.311 e. The minimum Gasteiger partial charge on any atom is -0.311 e. The van der Waals surface area contributed by atoms with Gasteiger partial charge in [-0.3, -0.25) is 0 Å². The first-order chi connectivity index (χ1) is 41.7. The average Bonchev–Trinajstić information content (AvgIpc) is 1.78. The van der Waals surface area contributed by atoms with Gasteiger partial charge >= 0.3 is 0 Å². The molecule has 16 aromatic rings. The van der Waals surface area contributed by atoms with Gasteiger partial charge in [0.05, 0.1) is 33.1 Å². The average molecular weight is 1100 g/mol. The number of rotatable bonds is 7. The molecule has 0 spiro atoms. The first kappa shape index (κ1) is 47.2. The maximum Gasteiger partial charge on any atom is 0.184 e. The van der Waals surface area contributed by atoms with E-state index in [1.54, 1.807) is 0 Å². The fourth-order valence-electron chi connectivity index (χ4n) is 15.5. The van der Waals surface area contributed by atoms with Crippen LogP contribution in [0.4, 0.5) is 17.1 Å². The Labute approximate surface area is 488 Å². The number of fused-ring (bicyclic) bond motifs is 13. The molecule has 0 atom stereocenters. The summed E-state index contributed by atoms with van der Waals surface area (Å²) in [6, 6.07) is 120. The monoisotopic (exact) mass is 1100 g/mol. The highest BCUT2D eigenvalue weighted by molar-refractivity contribution is 7.24. The van der Waals surface area contributed by atoms with Crippen molar-refractivity contribution in [2.24, 2.45) is 0 Å². The summed E-state index contributed by atoms with van der Waals surface area (Å²) in [6.45, 7) is 0. The molecule has 0 bridgehead atoms. The molecule has 0 N–H and O–H groups in total. The summed E-state index contributed by atoms with van der Waals surface area (Å²) in [5, 5.41) is 18.5. The van der Waals surface area contributed by atoms with Gasteiger partial charge in [0.15, 0.2) is 16.1 Å². The Morgan fingerprint density at radius 1 is 0.202 bits per heavy atom. The maximum absolute atomic E-state index is 3.23. The molecular formula is C78H52N4Si2. The molecule has 84 heavy (non-hydrogen) atoms. The van der Waals surface area contributed by atoms with Crippen molar-refractivity contribution < 1.29 is 0 Å². The lowest BCUT2D eigenvalue weighted by atomic mass is 10.1. The lowest BCUT2D eigenvalue weighted by Crippen LogP contribution is -2.82. The number of para-hydroxylation sites is 6. The lowest BCUT2D eigenvalue weighted by molar-refractivity contribution is 1.16. The second-order valence-corrected chi connectivity index (χ2v) is 30.2. The van der Waals surface area contributed by atoms with Crippen LogP contribution in [0.2, 0.25) is 0 Å². The van der Waals surface area contributed by atoms with E-state index in [0.717, 1.165) is 28.1 Å². The smallest absolute Gasteiger partial charge is 0.184 e. The highest BCUT2D eigenvalue weighted by atomic mass is 28.3. The number of nitrogens with zero attached hydrogens (tertiary/aromatic N) is 4. The summed E-state index contributed by atoms with van der Waals surface area (Å²) < 4.78 is 7.47. The second kappa shape index (κ2) is 18.0. The van der Waals surface area contributed by atoms with Gasteiger partial charge in [0, 0.05) is 66.4 Å². The van der Waals surface area contributed by atoms with Crippen LogP contribution in [0.5, 0.6) is 0 Å². The zero-order valence-corrected chi connectivity index (χ0v) is 47.8. The molecule has 2 aliphatic heterocycles. The molecule has 0 amide bonds. The molecule has 0 unspecified atom stereocenters. The summed E-state index contributed by atoms with van der Waals surface area (Å²) in [7, 11) is -6.20. The normalized spacial score (nSPS) is 13.9. The van der Waals surface area contributed by atoms with Crippen LogP contribution >= 0.6 is 0 Å². The van der Waals surface area contributed by atoms with Gasteiger partial charge in [-0.2, -0.15) is 0 Å². The van der Waals surface area contributed by atoms with Crippen molar-refractivity contribution >= 4 is 140 Å². The summed E-state index contributed by atoms with van der Waals surface area (Å²) >= 11 is 0. The van der Waals surface area contributed by atoms with E-state index in [1.165, 1.54) is 113 Å². The summed E-state index contributed by atoms with van der Waals surface area (Å²) in [4.78, 5) is 2.68. The van der Waals surface area contributed by atoms with Crippen molar-refractivity contribution in [2.75, 3.05) is 4.90 Å². The summed E-state index contributed by atoms with van der Waals surface area (Å²) in [6.07, 6.45) is 0. The van der Waals surface area contributed by atoms with Crippen molar-refractivity contribution in [3.63, 3.8) is 0 Å². The molecular weight excluding hydrogens is 1050 g/mol. The van der Waals surface area contributed by atoms with Gasteiger partial charge in [0.25, 0.3) is 0 Å². The first-order valence-corrected chi connectivity index (χ1v) is 33.2. The number of hydrogen-bond donors (Lipinski definition) is 0. The molecule has 3 aromatic heterocycles. The number of anilines is 3. The van der Waals surface area contributed by atoms with Crippen molar-refractivity contribution in [2.45, 2.75) is 0 Å². The van der Waals surface area contributed by atoms with E-state index in [9.17, 15) is 0 Å². The van der Waals surface area contributed by atoms with Gasteiger partial charge in [0.1, 0.15) is 0 Å². The molecule has 5 heterocycles. The van der Waals surface area contributed by atoms with Crippen LogP contribution in [0.3, 0.4) is 0 Å². The molecule has 0 aliphatic carbocycles. The van der Waals surface area contributed by atoms with Crippen LogP contribution in [0.15, 0.2) is 315 Å². The Kier molecular flexibility index (Phi) is 10.1. The molecule has 18 rings (SSSR count). The van der Waals surface area contributed by atoms with Crippen LogP contribution in [-0.4, -0.2) is 29.8 Å². The van der Waals surface area contributed by atoms with Crippen LogP contribution in [-0.2, 0) is 0 Å². The third-order valence-electron chi connectivity index (χ3n) is 18.7. The van der Waals surface area contributed by atoms with Gasteiger partial charge in [-0.1, -0.05) is 231 Å². The van der Waals surface area contributed by atoms with Crippen LogP contribution in [0, 0.1) is 0 Å². The predicted molar refractivity (Wildman–Crippen MR) is 358 cm³/mol. The SMILES string of the molecule is c1ccc([Si]2(c3ccccc3)c3ccccc3N3c4ccc(-n5c6ccc(-n7c8ccccc8c8ccccc87)cc6c6cc(-n7c8ccccc8c8ccccc87)ccc65)cc4[Si](c4ccccc4)(c4ccccc4)c4cccc2c43)cc1. The molecule has 0 radical (unpaired) electrons. The van der Waals surface area contributed by atoms with Crippen molar-refractivity contribution in [1.82, 2.24) is 13.7 Å². The fraction of sp³-hybridized carbons (Fsp3) is 0. The Hall–Kier alpha value is -10.5. The van der Waals surface area contributed by atoms with Crippen molar-refractivity contribution in [3.05, 3.63) is 315 Å². The summed E-state index contributed by atoms with van der Waals surface area (Å²) in [5.41, 5.74) is 14.3. The number of benzene rings is 13. The molecule has 13 aromatic carbocycles. The third kappa shape index (κ3) is 6.30. The van der Waals surface area contributed by atoms with Crippen molar-refractivity contribution in [1.29, 1.82) is 0 Å². The highest BCUT2D eigenvalue weighted by Gasteiger charge is 2.56. The van der Waals surface area contributed by atoms with Gasteiger partial charge in [0.2, 0.25) is 0 Å². The Bertz CT molecular complexity index is 4980. The lowest BCUT2D eigenvalue weighted by Gasteiger charge is -2.52. The van der Waals surface area contributed by atoms with Crippen LogP contribution in [0.25, 0.3) is 82.5 Å². The highest BCUT2D eigenvalue weighted by Crippen LogP contribution is 2.44. The zero-order valence-electron chi connectivity index (χ0n) is 45.8. The maximum atomic E-state index is 2.68. The van der Waals surface area contributed by atoms with E-state index in [0.29, 0.717) is 0 Å². The van der Waals surface area contributed by atoms with E-state index in [4.69, 9.17) is 0 Å². The molecule has 2 aliphatic rings. The van der Waals surface area contributed by atoms with Gasteiger partial charge < -0.3 is 18.6 Å². The molecule has 0 saturated heterocycles. The Morgan fingerprint density at radius 2 is 0.512 bits per heavy atom. The molecule has 4 nitrogen and oxygen atoms in total. The van der Waals surface area contributed by atoms with Crippen LogP contribution < -0.4 is 46.4 Å². The van der Waals surface area contributed by atoms with Gasteiger partial charge in [-0.15, -0.1) is 0 Å². The van der Waals surface area contributed by atoms with E-state index in [2.05, 4.69) is 334 Å². The van der Waals surface area contributed by atoms with E-state index in [1.807, 2.05) is 0 Å². The number of hydrogen-bond acceptors (Lipinski definition) is 1. The molecule has 0 fully saturated rings. The quantitative estimate of drug-likeness (QED) is 0.145. The predicted octanol–water partition coefficient (Wildman–Crippen LogP) is 13.8. The zero-order chi connectivity index (χ0) is 55.1. The molecule has 0 saturated carbocycles.